The largest absolute Gasteiger partial charge is 0.405 e. The molecule has 0 radical (unpaired) electrons. The Bertz CT molecular complexity index is 274. The van der Waals surface area contributed by atoms with E-state index in [2.05, 4.69) is 11.6 Å². The van der Waals surface area contributed by atoms with Crippen molar-refractivity contribution in [3.8, 4) is 0 Å². The second kappa shape index (κ2) is 7.23. The Balaban J connectivity index is 2.18. The average molecular weight is 284 g/mol. The number of halogens is 3. The Morgan fingerprint density at radius 2 is 2.11 bits per heavy atom. The number of thioether (sulfide) groups is 1. The number of carbonyl (C=O) groups is 1. The first-order valence-corrected chi connectivity index (χ1v) is 7.29. The topological polar surface area (TPSA) is 41.1 Å². The lowest BCUT2D eigenvalue weighted by atomic mass is 9.95. The predicted molar refractivity (Wildman–Crippen MR) is 66.6 cm³/mol. The highest BCUT2D eigenvalue weighted by Crippen LogP contribution is 2.26. The van der Waals surface area contributed by atoms with Crippen molar-refractivity contribution in [2.75, 3.05) is 19.3 Å². The Labute approximate surface area is 109 Å². The van der Waals surface area contributed by atoms with Gasteiger partial charge in [0, 0.05) is 11.3 Å². The van der Waals surface area contributed by atoms with Gasteiger partial charge in [0.25, 0.3) is 0 Å². The zero-order valence-corrected chi connectivity index (χ0v) is 11.2. The van der Waals surface area contributed by atoms with E-state index in [1.54, 1.807) is 0 Å². The van der Waals surface area contributed by atoms with Gasteiger partial charge in [0.15, 0.2) is 0 Å². The predicted octanol–water partition coefficient (Wildman–Crippen LogP) is 1.93. The molecule has 1 fully saturated rings. The molecule has 1 aliphatic rings. The minimum atomic E-state index is -4.34. The van der Waals surface area contributed by atoms with Crippen molar-refractivity contribution in [3.63, 3.8) is 0 Å². The van der Waals surface area contributed by atoms with Crippen LogP contribution in [-0.2, 0) is 4.79 Å². The lowest BCUT2D eigenvalue weighted by molar-refractivity contribution is -0.138. The van der Waals surface area contributed by atoms with Crippen LogP contribution < -0.4 is 10.6 Å². The van der Waals surface area contributed by atoms with E-state index in [1.165, 1.54) is 6.42 Å². The first kappa shape index (κ1) is 15.6. The normalized spacial score (nSPS) is 24.9. The van der Waals surface area contributed by atoms with Gasteiger partial charge in [-0.05, 0) is 25.5 Å². The van der Waals surface area contributed by atoms with Crippen LogP contribution in [0, 0.1) is 0 Å². The minimum absolute atomic E-state index is 0.0398. The number of rotatable bonds is 5. The third-order valence-corrected chi connectivity index (χ3v) is 4.09. The number of alkyl halides is 3. The summed E-state index contributed by atoms with van der Waals surface area (Å²) < 4.78 is 35.6. The van der Waals surface area contributed by atoms with Crippen molar-refractivity contribution in [3.05, 3.63) is 0 Å². The molecule has 0 saturated heterocycles. The van der Waals surface area contributed by atoms with Gasteiger partial charge in [-0.2, -0.15) is 24.9 Å². The summed E-state index contributed by atoms with van der Waals surface area (Å²) in [5.74, 6) is -0.599. The van der Waals surface area contributed by atoms with E-state index in [9.17, 15) is 18.0 Å². The number of amides is 1. The summed E-state index contributed by atoms with van der Waals surface area (Å²) in [6.45, 7) is -1.30. The fraction of sp³-hybridized carbons (Fsp3) is 0.909. The van der Waals surface area contributed by atoms with E-state index in [0.29, 0.717) is 5.25 Å². The van der Waals surface area contributed by atoms with Crippen molar-refractivity contribution in [2.24, 2.45) is 0 Å². The monoisotopic (exact) mass is 284 g/mol. The van der Waals surface area contributed by atoms with Crippen LogP contribution in [0.2, 0.25) is 0 Å². The maximum atomic E-state index is 11.9. The van der Waals surface area contributed by atoms with E-state index in [1.807, 2.05) is 17.1 Å². The lowest BCUT2D eigenvalue weighted by Crippen LogP contribution is -2.43. The number of nitrogens with one attached hydrogen (secondary N) is 2. The van der Waals surface area contributed by atoms with Gasteiger partial charge in [0.1, 0.15) is 6.54 Å². The highest BCUT2D eigenvalue weighted by Gasteiger charge is 2.28. The van der Waals surface area contributed by atoms with Gasteiger partial charge in [-0.1, -0.05) is 6.42 Å². The van der Waals surface area contributed by atoms with E-state index in [-0.39, 0.29) is 12.6 Å². The molecule has 0 aromatic carbocycles. The number of hydrogen-bond donors (Lipinski definition) is 2. The molecule has 1 rings (SSSR count). The molecule has 0 heterocycles. The van der Waals surface area contributed by atoms with Gasteiger partial charge in [-0.25, -0.2) is 0 Å². The summed E-state index contributed by atoms with van der Waals surface area (Å²) in [6.07, 6.45) is 1.97. The average Bonchev–Trinajstić information content (AvgIpc) is 2.33. The summed E-state index contributed by atoms with van der Waals surface area (Å²) in [5.41, 5.74) is 0. The maximum Gasteiger partial charge on any atom is 0.405 e. The molecule has 1 amide bonds. The summed E-state index contributed by atoms with van der Waals surface area (Å²) in [4.78, 5) is 11.2. The van der Waals surface area contributed by atoms with Gasteiger partial charge in [-0.3, -0.25) is 4.79 Å². The molecule has 0 aliphatic heterocycles. The molecule has 0 aromatic rings. The summed E-state index contributed by atoms with van der Waals surface area (Å²) in [5, 5.41) is 5.48. The Morgan fingerprint density at radius 1 is 1.39 bits per heavy atom. The van der Waals surface area contributed by atoms with E-state index in [4.69, 9.17) is 0 Å². The van der Waals surface area contributed by atoms with Gasteiger partial charge < -0.3 is 10.6 Å². The first-order valence-electron chi connectivity index (χ1n) is 6.00. The van der Waals surface area contributed by atoms with Gasteiger partial charge in [0.2, 0.25) is 5.91 Å². The molecule has 0 aromatic heterocycles. The zero-order chi connectivity index (χ0) is 13.6. The molecular weight excluding hydrogens is 265 g/mol. The standard InChI is InChI=1S/C11H19F3N2OS/c1-18-9-4-2-3-8(5-9)15-6-10(17)16-7-11(12,13)14/h8-9,15H,2-7H2,1H3,(H,16,17). The highest BCUT2D eigenvalue weighted by molar-refractivity contribution is 7.99. The van der Waals surface area contributed by atoms with Crippen molar-refractivity contribution in [2.45, 2.75) is 43.2 Å². The van der Waals surface area contributed by atoms with Crippen LogP contribution in [0.15, 0.2) is 0 Å². The van der Waals surface area contributed by atoms with Gasteiger partial charge >= 0.3 is 6.18 Å². The number of hydrogen-bond acceptors (Lipinski definition) is 3. The molecule has 1 aliphatic carbocycles. The smallest absolute Gasteiger partial charge is 0.346 e. The van der Waals surface area contributed by atoms with Crippen LogP contribution in [0.25, 0.3) is 0 Å². The second-order valence-corrected chi connectivity index (χ2v) is 5.63. The SMILES string of the molecule is CSC1CCCC(NCC(=O)NCC(F)(F)F)C1. The van der Waals surface area contributed by atoms with Crippen LogP contribution in [-0.4, -0.2) is 42.7 Å². The van der Waals surface area contributed by atoms with Gasteiger partial charge in [-0.15, -0.1) is 0 Å². The van der Waals surface area contributed by atoms with Crippen LogP contribution in [0.5, 0.6) is 0 Å². The molecule has 0 spiro atoms. The van der Waals surface area contributed by atoms with Crippen molar-refractivity contribution in [1.82, 2.24) is 10.6 Å². The maximum absolute atomic E-state index is 11.9. The van der Waals surface area contributed by atoms with Gasteiger partial charge in [0.05, 0.1) is 6.54 Å². The van der Waals surface area contributed by atoms with Crippen LogP contribution in [0.4, 0.5) is 13.2 Å². The van der Waals surface area contributed by atoms with E-state index >= 15 is 0 Å². The molecule has 106 valence electrons. The van der Waals surface area contributed by atoms with E-state index in [0.717, 1.165) is 19.3 Å². The number of carbonyl (C=O) groups excluding carboxylic acids is 1. The summed E-state index contributed by atoms with van der Waals surface area (Å²) >= 11 is 1.81. The lowest BCUT2D eigenvalue weighted by Gasteiger charge is -2.28. The zero-order valence-electron chi connectivity index (χ0n) is 10.3. The molecule has 7 heteroatoms. The molecule has 2 unspecified atom stereocenters. The van der Waals surface area contributed by atoms with Crippen LogP contribution >= 0.6 is 11.8 Å². The molecule has 1 saturated carbocycles. The minimum Gasteiger partial charge on any atom is -0.346 e. The van der Waals surface area contributed by atoms with Crippen molar-refractivity contribution >= 4 is 17.7 Å². The summed E-state index contributed by atoms with van der Waals surface area (Å²) in [7, 11) is 0. The summed E-state index contributed by atoms with van der Waals surface area (Å²) in [6, 6.07) is 0.243. The Morgan fingerprint density at radius 3 is 2.72 bits per heavy atom. The second-order valence-electron chi connectivity index (χ2n) is 4.49. The van der Waals surface area contributed by atoms with Crippen LogP contribution in [0.3, 0.4) is 0 Å². The molecule has 0 bridgehead atoms. The first-order chi connectivity index (χ1) is 8.40. The molecular formula is C11H19F3N2OS. The van der Waals surface area contributed by atoms with Crippen molar-refractivity contribution < 1.29 is 18.0 Å². The third kappa shape index (κ3) is 6.49. The fourth-order valence-corrected chi connectivity index (χ4v) is 2.87. The Kier molecular flexibility index (Phi) is 6.28. The highest BCUT2D eigenvalue weighted by atomic mass is 32.2. The molecule has 18 heavy (non-hydrogen) atoms. The van der Waals surface area contributed by atoms with Crippen LogP contribution in [0.1, 0.15) is 25.7 Å². The van der Waals surface area contributed by atoms with Crippen molar-refractivity contribution in [1.29, 1.82) is 0 Å². The third-order valence-electron chi connectivity index (χ3n) is 3.00. The molecule has 2 N–H and O–H groups in total. The van der Waals surface area contributed by atoms with E-state index < -0.39 is 18.6 Å². The fourth-order valence-electron chi connectivity index (χ4n) is 2.04. The molecule has 2 atom stereocenters. The Hall–Kier alpha value is -0.430. The quantitative estimate of drug-likeness (QED) is 0.810. The molecule has 3 nitrogen and oxygen atoms in total.